The molecule has 0 saturated carbocycles. The lowest BCUT2D eigenvalue weighted by atomic mass is 9.87. The molecule has 0 saturated heterocycles. The molecule has 0 aliphatic rings. The summed E-state index contributed by atoms with van der Waals surface area (Å²) in [5, 5.41) is 9.34. The van der Waals surface area contributed by atoms with Crippen LogP contribution < -0.4 is 0 Å². The molecule has 0 unspecified atom stereocenters. The summed E-state index contributed by atoms with van der Waals surface area (Å²) in [5.41, 5.74) is -0.192. The summed E-state index contributed by atoms with van der Waals surface area (Å²) < 4.78 is 1.91. The van der Waals surface area contributed by atoms with Crippen molar-refractivity contribution in [3.8, 4) is 0 Å². The summed E-state index contributed by atoms with van der Waals surface area (Å²) >= 11 is 2.14. The van der Waals surface area contributed by atoms with Crippen LogP contribution in [0, 0.1) is 5.41 Å². The maximum atomic E-state index is 9.34. The van der Waals surface area contributed by atoms with E-state index in [0.29, 0.717) is 0 Å². The molecule has 0 aliphatic carbocycles. The molecule has 0 aromatic heterocycles. The first-order valence-corrected chi connectivity index (χ1v) is 4.37. The molecule has 2 heteroatoms. The molecule has 10 heavy (non-hydrogen) atoms. The molecule has 0 bridgehead atoms. The van der Waals surface area contributed by atoms with Gasteiger partial charge in [0.05, 0.1) is 6.10 Å². The second kappa shape index (κ2) is 4.13. The molecule has 0 heterocycles. The fourth-order valence-electron chi connectivity index (χ4n) is 0.565. The first-order valence-electron chi connectivity index (χ1n) is 3.13. The van der Waals surface area contributed by atoms with Gasteiger partial charge in [-0.2, -0.15) is 0 Å². The van der Waals surface area contributed by atoms with Crippen molar-refractivity contribution >= 4 is 22.6 Å². The average molecular weight is 252 g/mol. The highest BCUT2D eigenvalue weighted by molar-refractivity contribution is 14.1. The predicted molar refractivity (Wildman–Crippen MR) is 53.1 cm³/mol. The van der Waals surface area contributed by atoms with Crippen molar-refractivity contribution in [3.63, 3.8) is 0 Å². The van der Waals surface area contributed by atoms with Crippen LogP contribution in [0.1, 0.15) is 13.8 Å². The number of hydrogen-bond donors (Lipinski definition) is 1. The van der Waals surface area contributed by atoms with Gasteiger partial charge in [-0.15, -0.1) is 6.58 Å². The van der Waals surface area contributed by atoms with Crippen LogP contribution in [-0.2, 0) is 0 Å². The Hall–Kier alpha value is 0.170. The number of aliphatic hydroxyl groups is 1. The second-order valence-electron chi connectivity index (χ2n) is 2.79. The predicted octanol–water partition coefficient (Wildman–Crippen LogP) is 2.51. The van der Waals surface area contributed by atoms with E-state index in [1.54, 1.807) is 6.08 Å². The third kappa shape index (κ3) is 2.84. The van der Waals surface area contributed by atoms with Crippen molar-refractivity contribution < 1.29 is 5.11 Å². The molecule has 1 nitrogen and oxygen atoms in total. The van der Waals surface area contributed by atoms with Crippen LogP contribution in [0.25, 0.3) is 0 Å². The number of rotatable bonds is 3. The van der Waals surface area contributed by atoms with E-state index in [-0.39, 0.29) is 5.41 Å². The van der Waals surface area contributed by atoms with E-state index >= 15 is 0 Å². The van der Waals surface area contributed by atoms with E-state index in [4.69, 9.17) is 0 Å². The van der Waals surface area contributed by atoms with Gasteiger partial charge in [-0.25, -0.2) is 0 Å². The minimum atomic E-state index is -0.460. The first kappa shape index (κ1) is 10.2. The highest BCUT2D eigenvalue weighted by atomic mass is 127. The van der Waals surface area contributed by atoms with Gasteiger partial charge in [0.2, 0.25) is 0 Å². The average Bonchev–Trinajstić information content (AvgIpc) is 1.86. The zero-order valence-corrected chi connectivity index (χ0v) is 8.50. The molecular formula is C8H13IO. The summed E-state index contributed by atoms with van der Waals surface area (Å²) in [6.07, 6.45) is 3.05. The molecule has 0 rings (SSSR count). The van der Waals surface area contributed by atoms with Gasteiger partial charge in [0, 0.05) is 5.41 Å². The Morgan fingerprint density at radius 3 is 2.40 bits per heavy atom. The lowest BCUT2D eigenvalue weighted by Gasteiger charge is -2.23. The minimum Gasteiger partial charge on any atom is -0.388 e. The van der Waals surface area contributed by atoms with Gasteiger partial charge in [-0.1, -0.05) is 48.6 Å². The normalized spacial score (nSPS) is 15.6. The van der Waals surface area contributed by atoms with Crippen LogP contribution in [0.15, 0.2) is 22.8 Å². The van der Waals surface area contributed by atoms with Gasteiger partial charge in [-0.05, 0) is 4.08 Å². The van der Waals surface area contributed by atoms with Crippen molar-refractivity contribution in [1.29, 1.82) is 0 Å². The van der Waals surface area contributed by atoms with Gasteiger partial charge >= 0.3 is 0 Å². The van der Waals surface area contributed by atoms with E-state index in [0.717, 1.165) is 0 Å². The standard InChI is InChI=1S/C8H13IO/c1-4-7(10)8(2,3)5-6-9/h4-7,10H,1H2,2-3H3/b6-5+/t7-/m0/s1. The zero-order valence-electron chi connectivity index (χ0n) is 6.34. The van der Waals surface area contributed by atoms with Crippen LogP contribution >= 0.6 is 22.6 Å². The Labute approximate surface area is 76.0 Å². The summed E-state index contributed by atoms with van der Waals surface area (Å²) in [6.45, 7) is 7.46. The van der Waals surface area contributed by atoms with Crippen molar-refractivity contribution in [2.75, 3.05) is 0 Å². The van der Waals surface area contributed by atoms with Crippen molar-refractivity contribution in [1.82, 2.24) is 0 Å². The molecule has 0 spiro atoms. The number of aliphatic hydroxyl groups excluding tert-OH is 1. The van der Waals surface area contributed by atoms with Crippen molar-refractivity contribution in [2.45, 2.75) is 20.0 Å². The van der Waals surface area contributed by atoms with Crippen molar-refractivity contribution in [3.05, 3.63) is 22.8 Å². The van der Waals surface area contributed by atoms with Gasteiger partial charge in [0.1, 0.15) is 0 Å². The van der Waals surface area contributed by atoms with Crippen LogP contribution in [0.3, 0.4) is 0 Å². The molecule has 0 aromatic carbocycles. The summed E-state index contributed by atoms with van der Waals surface area (Å²) in [6, 6.07) is 0. The summed E-state index contributed by atoms with van der Waals surface area (Å²) in [5.74, 6) is 0. The number of hydrogen-bond acceptors (Lipinski definition) is 1. The fraction of sp³-hybridized carbons (Fsp3) is 0.500. The lowest BCUT2D eigenvalue weighted by molar-refractivity contribution is 0.126. The smallest absolute Gasteiger partial charge is 0.0803 e. The van der Waals surface area contributed by atoms with Crippen molar-refractivity contribution in [2.24, 2.45) is 5.41 Å². The molecule has 0 radical (unpaired) electrons. The minimum absolute atomic E-state index is 0.192. The van der Waals surface area contributed by atoms with Gasteiger partial charge < -0.3 is 5.11 Å². The highest BCUT2D eigenvalue weighted by Gasteiger charge is 2.21. The molecule has 1 N–H and O–H groups in total. The Bertz CT molecular complexity index is 138. The monoisotopic (exact) mass is 252 g/mol. The molecular weight excluding hydrogens is 239 g/mol. The molecule has 0 fully saturated rings. The van der Waals surface area contributed by atoms with Gasteiger partial charge in [0.25, 0.3) is 0 Å². The number of halogens is 1. The lowest BCUT2D eigenvalue weighted by Crippen LogP contribution is -2.24. The SMILES string of the molecule is C=C[C@H](O)C(C)(C)/C=C/I. The molecule has 58 valence electrons. The van der Waals surface area contributed by atoms with Gasteiger partial charge in [-0.3, -0.25) is 0 Å². The topological polar surface area (TPSA) is 20.2 Å². The van der Waals surface area contributed by atoms with Crippen LogP contribution in [0.2, 0.25) is 0 Å². The largest absolute Gasteiger partial charge is 0.388 e. The Morgan fingerprint density at radius 1 is 1.60 bits per heavy atom. The molecule has 0 aliphatic heterocycles. The molecule has 0 aromatic rings. The second-order valence-corrected chi connectivity index (χ2v) is 3.51. The van der Waals surface area contributed by atoms with E-state index in [1.807, 2.05) is 24.0 Å². The van der Waals surface area contributed by atoms with E-state index in [2.05, 4.69) is 29.2 Å². The zero-order chi connectivity index (χ0) is 8.20. The highest BCUT2D eigenvalue weighted by Crippen LogP contribution is 2.23. The third-order valence-electron chi connectivity index (χ3n) is 1.48. The van der Waals surface area contributed by atoms with Gasteiger partial charge in [0.15, 0.2) is 0 Å². The first-order chi connectivity index (χ1) is 4.54. The van der Waals surface area contributed by atoms with E-state index < -0.39 is 6.10 Å². The quantitative estimate of drug-likeness (QED) is 0.604. The Kier molecular flexibility index (Phi) is 4.20. The van der Waals surface area contributed by atoms with E-state index in [9.17, 15) is 5.11 Å². The maximum absolute atomic E-state index is 9.34. The Balaban J connectivity index is 4.22. The molecule has 0 amide bonds. The maximum Gasteiger partial charge on any atom is 0.0803 e. The Morgan fingerprint density at radius 2 is 2.10 bits per heavy atom. The van der Waals surface area contributed by atoms with Crippen LogP contribution in [0.4, 0.5) is 0 Å². The fourth-order valence-corrected chi connectivity index (χ4v) is 1.49. The summed E-state index contributed by atoms with van der Waals surface area (Å²) in [7, 11) is 0. The third-order valence-corrected chi connectivity index (χ3v) is 1.84. The van der Waals surface area contributed by atoms with Crippen LogP contribution in [-0.4, -0.2) is 11.2 Å². The summed E-state index contributed by atoms with van der Waals surface area (Å²) in [4.78, 5) is 0. The van der Waals surface area contributed by atoms with Crippen LogP contribution in [0.5, 0.6) is 0 Å². The van der Waals surface area contributed by atoms with E-state index in [1.165, 1.54) is 0 Å². The molecule has 1 atom stereocenters.